The Kier molecular flexibility index (Phi) is 2.74. The van der Waals surface area contributed by atoms with Gasteiger partial charge in [0, 0.05) is 4.90 Å². The lowest BCUT2D eigenvalue weighted by atomic mass is 10.2. The standard InChI is InChI=1S/C16H13NO2S/c1-2-6-13-12(5-1)17-16-14(19-13)7-3-8-15(16)20-10-4-9-18-11-20/h1-10,17H,11H2. The number of allylic oxidation sites excluding steroid dienone is 1. The maximum atomic E-state index is 5.98. The quantitative estimate of drug-likeness (QED) is 0.668. The Balaban J connectivity index is 1.82. The average molecular weight is 283 g/mol. The zero-order valence-electron chi connectivity index (χ0n) is 10.7. The molecule has 2 aliphatic heterocycles. The molecule has 3 nitrogen and oxygen atoms in total. The van der Waals surface area contributed by atoms with E-state index in [-0.39, 0.29) is 10.5 Å². The van der Waals surface area contributed by atoms with Crippen LogP contribution >= 0.6 is 10.5 Å². The Hall–Kier alpha value is -2.20. The molecule has 4 rings (SSSR count). The normalized spacial score (nSPS) is 18.7. The van der Waals surface area contributed by atoms with Gasteiger partial charge in [0.25, 0.3) is 0 Å². The average Bonchev–Trinajstić information content (AvgIpc) is 2.53. The van der Waals surface area contributed by atoms with Gasteiger partial charge in [0.2, 0.25) is 0 Å². The summed E-state index contributed by atoms with van der Waals surface area (Å²) in [6.45, 7) is 0. The van der Waals surface area contributed by atoms with E-state index in [4.69, 9.17) is 9.47 Å². The third-order valence-electron chi connectivity index (χ3n) is 3.25. The molecule has 2 aromatic carbocycles. The fraction of sp³-hybridized carbons (Fsp3) is 0.0625. The first-order valence-corrected chi connectivity index (χ1v) is 7.86. The minimum Gasteiger partial charge on any atom is -0.491 e. The Labute approximate surface area is 119 Å². The van der Waals surface area contributed by atoms with Crippen molar-refractivity contribution in [2.45, 2.75) is 4.90 Å². The Bertz CT molecular complexity index is 737. The van der Waals surface area contributed by atoms with E-state index < -0.39 is 0 Å². The van der Waals surface area contributed by atoms with Crippen LogP contribution in [0, 0.1) is 0 Å². The molecule has 0 aliphatic carbocycles. The monoisotopic (exact) mass is 283 g/mol. The fourth-order valence-electron chi connectivity index (χ4n) is 2.32. The van der Waals surface area contributed by atoms with Crippen LogP contribution in [0.3, 0.4) is 0 Å². The lowest BCUT2D eigenvalue weighted by molar-refractivity contribution is 0.316. The van der Waals surface area contributed by atoms with Crippen molar-refractivity contribution >= 4 is 27.2 Å². The molecule has 0 saturated carbocycles. The molecule has 0 bridgehead atoms. The number of hydrogen-bond donors (Lipinski definition) is 1. The molecule has 0 radical (unpaired) electrons. The predicted octanol–water partition coefficient (Wildman–Crippen LogP) is 4.47. The minimum absolute atomic E-state index is 0.0508. The molecule has 0 saturated heterocycles. The topological polar surface area (TPSA) is 30.5 Å². The van der Waals surface area contributed by atoms with Crippen LogP contribution in [0.1, 0.15) is 0 Å². The van der Waals surface area contributed by atoms with E-state index in [0.717, 1.165) is 22.9 Å². The number of fused-ring (bicyclic) bond motifs is 2. The van der Waals surface area contributed by atoms with Crippen molar-refractivity contribution < 1.29 is 9.47 Å². The Morgan fingerprint density at radius 2 is 1.90 bits per heavy atom. The van der Waals surface area contributed by atoms with Gasteiger partial charge in [-0.2, -0.15) is 0 Å². The first-order valence-electron chi connectivity index (χ1n) is 6.40. The smallest absolute Gasteiger partial charge is 0.152 e. The number of ether oxygens (including phenoxy) is 2. The summed E-state index contributed by atoms with van der Waals surface area (Å²) in [7, 11) is -0.0508. The molecule has 1 unspecified atom stereocenters. The second-order valence-corrected chi connectivity index (χ2v) is 6.34. The summed E-state index contributed by atoms with van der Waals surface area (Å²) in [5, 5.41) is 5.67. The number of hydrogen-bond acceptors (Lipinski definition) is 3. The van der Waals surface area contributed by atoms with E-state index in [1.165, 1.54) is 4.90 Å². The number of benzene rings is 2. The number of nitrogens with one attached hydrogen (secondary N) is 1. The number of anilines is 2. The maximum absolute atomic E-state index is 5.98. The SMILES string of the molecule is C1=COCS(c2cccc3c2Nc2ccccc2O3)=C1. The molecule has 4 heteroatoms. The second-order valence-electron chi connectivity index (χ2n) is 4.53. The van der Waals surface area contributed by atoms with Gasteiger partial charge < -0.3 is 14.8 Å². The maximum Gasteiger partial charge on any atom is 0.152 e. The summed E-state index contributed by atoms with van der Waals surface area (Å²) in [6.07, 6.45) is 3.70. The fourth-order valence-corrected chi connectivity index (χ4v) is 3.82. The van der Waals surface area contributed by atoms with Crippen LogP contribution in [0.5, 0.6) is 11.5 Å². The zero-order valence-corrected chi connectivity index (χ0v) is 11.5. The largest absolute Gasteiger partial charge is 0.491 e. The first kappa shape index (κ1) is 11.6. The Morgan fingerprint density at radius 3 is 2.80 bits per heavy atom. The summed E-state index contributed by atoms with van der Waals surface area (Å²) in [6, 6.07) is 14.1. The van der Waals surface area contributed by atoms with E-state index >= 15 is 0 Å². The third-order valence-corrected chi connectivity index (χ3v) is 5.03. The zero-order chi connectivity index (χ0) is 13.4. The van der Waals surface area contributed by atoms with Crippen molar-refractivity contribution in [2.75, 3.05) is 11.3 Å². The van der Waals surface area contributed by atoms with Gasteiger partial charge in [0.1, 0.15) is 5.94 Å². The second kappa shape index (κ2) is 4.72. The van der Waals surface area contributed by atoms with Gasteiger partial charge in [-0.25, -0.2) is 0 Å². The molecule has 2 heterocycles. The molecule has 0 amide bonds. The van der Waals surface area contributed by atoms with Gasteiger partial charge in [0.05, 0.1) is 17.6 Å². The molecule has 2 aromatic rings. The lowest BCUT2D eigenvalue weighted by Crippen LogP contribution is -2.05. The Morgan fingerprint density at radius 1 is 1.00 bits per heavy atom. The van der Waals surface area contributed by atoms with Crippen molar-refractivity contribution in [3.63, 3.8) is 0 Å². The van der Waals surface area contributed by atoms with Crippen molar-refractivity contribution in [1.82, 2.24) is 0 Å². The lowest BCUT2D eigenvalue weighted by Gasteiger charge is -2.25. The van der Waals surface area contributed by atoms with Crippen molar-refractivity contribution in [3.05, 3.63) is 54.8 Å². The summed E-state index contributed by atoms with van der Waals surface area (Å²) in [5.41, 5.74) is 2.05. The van der Waals surface area contributed by atoms with Crippen LogP contribution in [0.15, 0.2) is 59.7 Å². The van der Waals surface area contributed by atoms with Crippen LogP contribution < -0.4 is 10.1 Å². The highest BCUT2D eigenvalue weighted by Gasteiger charge is 2.20. The van der Waals surface area contributed by atoms with Crippen LogP contribution in [0.25, 0.3) is 0 Å². The van der Waals surface area contributed by atoms with Crippen LogP contribution in [0.2, 0.25) is 0 Å². The highest BCUT2D eigenvalue weighted by atomic mass is 32.2. The van der Waals surface area contributed by atoms with E-state index in [9.17, 15) is 0 Å². The summed E-state index contributed by atoms with van der Waals surface area (Å²) in [5.74, 6) is 2.43. The van der Waals surface area contributed by atoms with Crippen LogP contribution in [-0.4, -0.2) is 11.3 Å². The number of rotatable bonds is 1. The van der Waals surface area contributed by atoms with Crippen LogP contribution in [-0.2, 0) is 4.74 Å². The van der Waals surface area contributed by atoms with E-state index in [1.807, 2.05) is 42.5 Å². The molecular weight excluding hydrogens is 270 g/mol. The van der Waals surface area contributed by atoms with Gasteiger partial charge in [0.15, 0.2) is 11.5 Å². The van der Waals surface area contributed by atoms with Gasteiger partial charge in [-0.3, -0.25) is 0 Å². The summed E-state index contributed by atoms with van der Waals surface area (Å²) >= 11 is 0. The summed E-state index contributed by atoms with van der Waals surface area (Å²) < 4.78 is 11.4. The van der Waals surface area contributed by atoms with E-state index in [1.54, 1.807) is 6.26 Å². The van der Waals surface area contributed by atoms with Gasteiger partial charge in [-0.05, 0) is 35.7 Å². The van der Waals surface area contributed by atoms with Crippen molar-refractivity contribution in [2.24, 2.45) is 0 Å². The molecule has 1 N–H and O–H groups in total. The predicted molar refractivity (Wildman–Crippen MR) is 83.3 cm³/mol. The molecule has 0 aromatic heterocycles. The van der Waals surface area contributed by atoms with Gasteiger partial charge in [-0.15, -0.1) is 10.5 Å². The summed E-state index contributed by atoms with van der Waals surface area (Å²) in [4.78, 5) is 1.22. The molecule has 20 heavy (non-hydrogen) atoms. The van der Waals surface area contributed by atoms with Gasteiger partial charge >= 0.3 is 0 Å². The molecule has 2 aliphatic rings. The van der Waals surface area contributed by atoms with E-state index in [2.05, 4.69) is 16.8 Å². The molecule has 100 valence electrons. The third kappa shape index (κ3) is 1.89. The highest BCUT2D eigenvalue weighted by molar-refractivity contribution is 8.15. The molecule has 1 atom stereocenters. The van der Waals surface area contributed by atoms with Gasteiger partial charge in [-0.1, -0.05) is 18.2 Å². The first-order chi connectivity index (χ1) is 9.92. The van der Waals surface area contributed by atoms with Crippen LogP contribution in [0.4, 0.5) is 11.4 Å². The molecule has 0 fully saturated rings. The minimum atomic E-state index is -0.0508. The highest BCUT2D eigenvalue weighted by Crippen LogP contribution is 2.47. The molecule has 0 spiro atoms. The van der Waals surface area contributed by atoms with Crippen molar-refractivity contribution in [1.29, 1.82) is 0 Å². The van der Waals surface area contributed by atoms with Crippen molar-refractivity contribution in [3.8, 4) is 11.5 Å². The number of para-hydroxylation sites is 3. The molecular formula is C16H13NO2S. The van der Waals surface area contributed by atoms with E-state index in [0.29, 0.717) is 5.94 Å².